The first kappa shape index (κ1) is 13.2. The Morgan fingerprint density at radius 1 is 1.50 bits per heavy atom. The molecule has 1 rings (SSSR count). The molecule has 1 heterocycles. The average Bonchev–Trinajstić information content (AvgIpc) is 2.47. The van der Waals surface area contributed by atoms with Crippen molar-refractivity contribution in [1.82, 2.24) is 4.37 Å². The van der Waals surface area contributed by atoms with E-state index in [9.17, 15) is 8.42 Å². The van der Waals surface area contributed by atoms with E-state index in [1.54, 1.807) is 0 Å². The van der Waals surface area contributed by atoms with Crippen molar-refractivity contribution in [2.75, 3.05) is 23.4 Å². The summed E-state index contributed by atoms with van der Waals surface area (Å²) in [5.74, 6) is 0.0987. The third-order valence-corrected chi connectivity index (χ3v) is 4.43. The highest BCUT2D eigenvalue weighted by Gasteiger charge is 2.25. The van der Waals surface area contributed by atoms with Gasteiger partial charge in [-0.2, -0.15) is 4.37 Å². The first-order chi connectivity index (χ1) is 7.29. The normalized spacial score (nSPS) is 12.1. The van der Waals surface area contributed by atoms with E-state index in [4.69, 9.17) is 5.73 Å². The molecular formula is C9H17N3O2S2. The maximum absolute atomic E-state index is 11.6. The predicted octanol–water partition coefficient (Wildman–Crippen LogP) is 1.36. The first-order valence-corrected chi connectivity index (χ1v) is 7.67. The second-order valence-corrected chi connectivity index (χ2v) is 6.56. The van der Waals surface area contributed by atoms with E-state index in [1.807, 2.05) is 25.7 Å². The van der Waals surface area contributed by atoms with Gasteiger partial charge in [0.1, 0.15) is 9.90 Å². The van der Waals surface area contributed by atoms with Crippen molar-refractivity contribution in [2.45, 2.75) is 31.7 Å². The van der Waals surface area contributed by atoms with E-state index in [0.717, 1.165) is 24.3 Å². The van der Waals surface area contributed by atoms with Crippen molar-refractivity contribution < 1.29 is 8.42 Å². The lowest BCUT2D eigenvalue weighted by Gasteiger charge is -2.26. The van der Waals surface area contributed by atoms with Gasteiger partial charge in [0.2, 0.25) is 0 Å². The summed E-state index contributed by atoms with van der Waals surface area (Å²) in [6, 6.07) is 0.213. The van der Waals surface area contributed by atoms with Gasteiger partial charge in [-0.1, -0.05) is 0 Å². The monoisotopic (exact) mass is 263 g/mol. The lowest BCUT2D eigenvalue weighted by atomic mass is 10.3. The lowest BCUT2D eigenvalue weighted by molar-refractivity contribution is 0.601. The highest BCUT2D eigenvalue weighted by atomic mass is 32.2. The molecular weight excluding hydrogens is 246 g/mol. The summed E-state index contributed by atoms with van der Waals surface area (Å²) < 4.78 is 27.2. The second kappa shape index (κ2) is 4.58. The molecule has 0 spiro atoms. The summed E-state index contributed by atoms with van der Waals surface area (Å²) in [7, 11) is -3.33. The van der Waals surface area contributed by atoms with Crippen molar-refractivity contribution in [3.8, 4) is 0 Å². The number of hydrogen-bond donors (Lipinski definition) is 1. The Balaban J connectivity index is 3.35. The Hall–Kier alpha value is -0.820. The van der Waals surface area contributed by atoms with Crippen molar-refractivity contribution in [3.63, 3.8) is 0 Å². The van der Waals surface area contributed by atoms with Crippen molar-refractivity contribution in [3.05, 3.63) is 0 Å². The molecule has 1 aromatic rings. The molecule has 2 N–H and O–H groups in total. The summed E-state index contributed by atoms with van der Waals surface area (Å²) in [5, 5.41) is 0.637. The average molecular weight is 263 g/mol. The van der Waals surface area contributed by atoms with Crippen LogP contribution in [0.1, 0.15) is 20.8 Å². The van der Waals surface area contributed by atoms with Gasteiger partial charge in [0.05, 0.1) is 0 Å². The lowest BCUT2D eigenvalue weighted by Crippen LogP contribution is -2.30. The standard InChI is InChI=1S/C9H17N3O2S2/c1-5-12(6(2)3)9-7(16(4,13)14)8(10)11-15-9/h6H,5H2,1-4H3,(H2,10,11). The quantitative estimate of drug-likeness (QED) is 0.887. The summed E-state index contributed by atoms with van der Waals surface area (Å²) >= 11 is 1.14. The number of rotatable bonds is 4. The maximum atomic E-state index is 11.6. The van der Waals surface area contributed by atoms with Crippen molar-refractivity contribution >= 4 is 32.2 Å². The van der Waals surface area contributed by atoms with Crippen molar-refractivity contribution in [1.29, 1.82) is 0 Å². The van der Waals surface area contributed by atoms with Gasteiger partial charge in [0, 0.05) is 18.8 Å². The highest BCUT2D eigenvalue weighted by molar-refractivity contribution is 7.91. The second-order valence-electron chi connectivity index (χ2n) is 3.85. The molecule has 0 aliphatic carbocycles. The molecule has 7 heteroatoms. The van der Waals surface area contributed by atoms with Crippen LogP contribution in [0, 0.1) is 0 Å². The Morgan fingerprint density at radius 3 is 2.44 bits per heavy atom. The minimum Gasteiger partial charge on any atom is -0.382 e. The van der Waals surface area contributed by atoms with Crippen LogP contribution in [0.4, 0.5) is 10.8 Å². The van der Waals surface area contributed by atoms with Crippen molar-refractivity contribution in [2.24, 2.45) is 0 Å². The van der Waals surface area contributed by atoms with Crippen LogP contribution >= 0.6 is 11.5 Å². The molecule has 0 atom stereocenters. The molecule has 0 fully saturated rings. The molecule has 1 aromatic heterocycles. The van der Waals surface area contributed by atoms with Gasteiger partial charge >= 0.3 is 0 Å². The SMILES string of the molecule is CCN(c1snc(N)c1S(C)(=O)=O)C(C)C. The third-order valence-electron chi connectivity index (χ3n) is 2.25. The zero-order valence-electron chi connectivity index (χ0n) is 9.89. The number of sulfone groups is 1. The molecule has 0 saturated heterocycles. The Labute approximate surface area is 100 Å². The first-order valence-electron chi connectivity index (χ1n) is 5.00. The van der Waals surface area contributed by atoms with Crippen LogP contribution in [0.2, 0.25) is 0 Å². The number of anilines is 2. The van der Waals surface area contributed by atoms with Gasteiger partial charge < -0.3 is 10.6 Å². The van der Waals surface area contributed by atoms with Gasteiger partial charge in [-0.3, -0.25) is 0 Å². The third kappa shape index (κ3) is 2.46. The van der Waals surface area contributed by atoms with Gasteiger partial charge in [0.25, 0.3) is 0 Å². The van der Waals surface area contributed by atoms with E-state index in [0.29, 0.717) is 5.00 Å². The summed E-state index contributed by atoms with van der Waals surface area (Å²) in [4.78, 5) is 2.14. The van der Waals surface area contributed by atoms with E-state index in [2.05, 4.69) is 4.37 Å². The molecule has 0 radical (unpaired) electrons. The topological polar surface area (TPSA) is 76.3 Å². The Bertz CT molecular complexity index is 465. The zero-order chi connectivity index (χ0) is 12.5. The molecule has 0 amide bonds. The molecule has 5 nitrogen and oxygen atoms in total. The van der Waals surface area contributed by atoms with E-state index in [-0.39, 0.29) is 16.8 Å². The molecule has 0 aliphatic heterocycles. The highest BCUT2D eigenvalue weighted by Crippen LogP contribution is 2.35. The fourth-order valence-electron chi connectivity index (χ4n) is 1.56. The summed E-state index contributed by atoms with van der Waals surface area (Å²) in [6.45, 7) is 6.71. The van der Waals surface area contributed by atoms with Crippen LogP contribution in [0.5, 0.6) is 0 Å². The minimum atomic E-state index is -3.33. The largest absolute Gasteiger partial charge is 0.382 e. The number of aromatic nitrogens is 1. The Morgan fingerprint density at radius 2 is 2.06 bits per heavy atom. The van der Waals surface area contributed by atoms with E-state index < -0.39 is 9.84 Å². The van der Waals surface area contributed by atoms with Gasteiger partial charge in [-0.15, -0.1) is 0 Å². The molecule has 92 valence electrons. The van der Waals surface area contributed by atoms with Gasteiger partial charge in [-0.25, -0.2) is 8.42 Å². The Kier molecular flexibility index (Phi) is 3.80. The van der Waals surface area contributed by atoms with Crippen LogP contribution in [0.3, 0.4) is 0 Å². The van der Waals surface area contributed by atoms with Crippen LogP contribution in [-0.4, -0.2) is 31.6 Å². The summed E-state index contributed by atoms with van der Waals surface area (Å²) in [6.07, 6.45) is 1.16. The van der Waals surface area contributed by atoms with Crippen LogP contribution in [-0.2, 0) is 9.84 Å². The van der Waals surface area contributed by atoms with E-state index >= 15 is 0 Å². The predicted molar refractivity (Wildman–Crippen MR) is 67.8 cm³/mol. The number of nitrogen functional groups attached to an aromatic ring is 1. The fraction of sp³-hybridized carbons (Fsp3) is 0.667. The summed E-state index contributed by atoms with van der Waals surface area (Å²) in [5.41, 5.74) is 5.61. The van der Waals surface area contributed by atoms with Crippen LogP contribution in [0.25, 0.3) is 0 Å². The number of hydrogen-bond acceptors (Lipinski definition) is 6. The molecule has 16 heavy (non-hydrogen) atoms. The maximum Gasteiger partial charge on any atom is 0.182 e. The number of nitrogens with zero attached hydrogens (tertiary/aromatic N) is 2. The van der Waals surface area contributed by atoms with E-state index in [1.165, 1.54) is 0 Å². The molecule has 0 unspecified atom stereocenters. The van der Waals surface area contributed by atoms with Crippen LogP contribution < -0.4 is 10.6 Å². The molecule has 0 bridgehead atoms. The minimum absolute atomic E-state index is 0.0987. The van der Waals surface area contributed by atoms with Crippen LogP contribution in [0.15, 0.2) is 4.90 Å². The molecule has 0 aromatic carbocycles. The van der Waals surface area contributed by atoms with Gasteiger partial charge in [0.15, 0.2) is 15.7 Å². The smallest absolute Gasteiger partial charge is 0.182 e. The molecule has 0 saturated carbocycles. The fourth-order valence-corrected chi connectivity index (χ4v) is 3.95. The number of nitrogens with two attached hydrogens (primary N) is 1. The molecule has 0 aliphatic rings. The zero-order valence-corrected chi connectivity index (χ0v) is 11.5. The van der Waals surface area contributed by atoms with Gasteiger partial charge in [-0.05, 0) is 32.3 Å².